The molecule has 4 rings (SSSR count). The van der Waals surface area contributed by atoms with Gasteiger partial charge in [0.2, 0.25) is 0 Å². The van der Waals surface area contributed by atoms with Crippen molar-refractivity contribution >= 4 is 40.3 Å². The minimum atomic E-state index is 0.582. The van der Waals surface area contributed by atoms with Crippen LogP contribution < -0.4 is 0 Å². The average molecular weight is 273 g/mol. The van der Waals surface area contributed by atoms with Gasteiger partial charge in [-0.25, -0.2) is 0 Å². The van der Waals surface area contributed by atoms with Crippen LogP contribution in [0.3, 0.4) is 0 Å². The largest absolute Gasteiger partial charge is 0.298 e. The molecule has 1 aliphatic rings. The average Bonchev–Trinajstić information content (AvgIpc) is 2.55. The molecule has 0 amide bonds. The summed E-state index contributed by atoms with van der Waals surface area (Å²) in [4.78, 5) is 26.9. The maximum absolute atomic E-state index is 11.3. The highest BCUT2D eigenvalue weighted by Crippen LogP contribution is 2.36. The summed E-state index contributed by atoms with van der Waals surface area (Å²) in [5.41, 5.74) is 4.33. The van der Waals surface area contributed by atoms with E-state index < -0.39 is 0 Å². The molecular weight excluding hydrogens is 262 g/mol. The number of benzene rings is 2. The van der Waals surface area contributed by atoms with E-state index in [4.69, 9.17) is 0 Å². The molecule has 2 aromatic carbocycles. The molecule has 21 heavy (non-hydrogen) atoms. The van der Waals surface area contributed by atoms with Crippen molar-refractivity contribution in [3.05, 3.63) is 58.8 Å². The Bertz CT molecular complexity index is 954. The Morgan fingerprint density at radius 1 is 1.05 bits per heavy atom. The Morgan fingerprint density at radius 2 is 1.95 bits per heavy atom. The van der Waals surface area contributed by atoms with Crippen LogP contribution in [0.15, 0.2) is 42.1 Å². The van der Waals surface area contributed by atoms with E-state index in [1.165, 1.54) is 0 Å². The highest BCUT2D eigenvalue weighted by molar-refractivity contribution is 6.12. The van der Waals surface area contributed by atoms with Gasteiger partial charge >= 0.3 is 0 Å². The number of pyridine rings is 1. The summed E-state index contributed by atoms with van der Waals surface area (Å²) in [6.45, 7) is 0. The maximum atomic E-state index is 11.3. The summed E-state index contributed by atoms with van der Waals surface area (Å²) >= 11 is 0. The van der Waals surface area contributed by atoms with Crippen LogP contribution in [-0.4, -0.2) is 17.6 Å². The quantitative estimate of drug-likeness (QED) is 0.531. The lowest BCUT2D eigenvalue weighted by Crippen LogP contribution is -2.03. The molecule has 0 aliphatic heterocycles. The van der Waals surface area contributed by atoms with Crippen LogP contribution in [0.2, 0.25) is 0 Å². The van der Waals surface area contributed by atoms with Crippen molar-refractivity contribution in [2.24, 2.45) is 0 Å². The van der Waals surface area contributed by atoms with Crippen LogP contribution >= 0.6 is 0 Å². The second-order valence-electron chi connectivity index (χ2n) is 5.22. The summed E-state index contributed by atoms with van der Waals surface area (Å²) in [5.74, 6) is 0. The Hall–Kier alpha value is -2.81. The van der Waals surface area contributed by atoms with Crippen molar-refractivity contribution in [2.45, 2.75) is 6.42 Å². The van der Waals surface area contributed by atoms with E-state index in [9.17, 15) is 9.59 Å². The molecule has 0 saturated carbocycles. The molecule has 3 heteroatoms. The molecular formula is C18H11NO2. The zero-order valence-corrected chi connectivity index (χ0v) is 11.2. The van der Waals surface area contributed by atoms with Crippen molar-refractivity contribution in [2.75, 3.05) is 0 Å². The smallest absolute Gasteiger partial charge is 0.150 e. The number of aldehydes is 2. The third-order valence-electron chi connectivity index (χ3n) is 4.06. The van der Waals surface area contributed by atoms with Crippen LogP contribution in [-0.2, 0) is 11.2 Å². The number of aromatic nitrogens is 1. The summed E-state index contributed by atoms with van der Waals surface area (Å²) < 4.78 is 0. The molecule has 0 fully saturated rings. The van der Waals surface area contributed by atoms with Gasteiger partial charge in [0.15, 0.2) is 6.29 Å². The standard InChI is InChI=1S/C18H11NO2/c20-9-11-6-12-3-4-13(10-21)15-8-17-14(2-1-5-19-17)16(7-11)18(12)15/h1-6,8-10H,7H2. The zero-order chi connectivity index (χ0) is 14.4. The van der Waals surface area contributed by atoms with Crippen LogP contribution in [0.25, 0.3) is 27.8 Å². The van der Waals surface area contributed by atoms with Crippen LogP contribution in [0.4, 0.5) is 0 Å². The number of hydrogen-bond donors (Lipinski definition) is 0. The summed E-state index contributed by atoms with van der Waals surface area (Å²) in [6.07, 6.45) is 6.00. The van der Waals surface area contributed by atoms with Crippen molar-refractivity contribution in [1.29, 1.82) is 0 Å². The van der Waals surface area contributed by atoms with Gasteiger partial charge in [0, 0.05) is 23.6 Å². The lowest BCUT2D eigenvalue weighted by Gasteiger charge is -2.18. The lowest BCUT2D eigenvalue weighted by molar-refractivity contribution is -0.104. The molecule has 1 heterocycles. The molecule has 100 valence electrons. The first-order valence-corrected chi connectivity index (χ1v) is 6.76. The summed E-state index contributed by atoms with van der Waals surface area (Å²) in [6, 6.07) is 9.57. The summed E-state index contributed by atoms with van der Waals surface area (Å²) in [5, 5.41) is 3.01. The number of nitrogens with zero attached hydrogens (tertiary/aromatic N) is 1. The molecule has 1 aliphatic carbocycles. The molecule has 0 saturated heterocycles. The van der Waals surface area contributed by atoms with Crippen LogP contribution in [0, 0.1) is 0 Å². The van der Waals surface area contributed by atoms with Gasteiger partial charge in [-0.15, -0.1) is 0 Å². The van der Waals surface area contributed by atoms with E-state index in [0.29, 0.717) is 12.0 Å². The first-order valence-electron chi connectivity index (χ1n) is 6.76. The zero-order valence-electron chi connectivity index (χ0n) is 11.2. The van der Waals surface area contributed by atoms with Crippen molar-refractivity contribution in [3.63, 3.8) is 0 Å². The molecule has 0 bridgehead atoms. The monoisotopic (exact) mass is 273 g/mol. The van der Waals surface area contributed by atoms with Gasteiger partial charge in [-0.1, -0.05) is 18.2 Å². The van der Waals surface area contributed by atoms with Gasteiger partial charge in [0.1, 0.15) is 6.29 Å². The third kappa shape index (κ3) is 1.64. The van der Waals surface area contributed by atoms with E-state index >= 15 is 0 Å². The molecule has 0 N–H and O–H groups in total. The van der Waals surface area contributed by atoms with Crippen molar-refractivity contribution in [1.82, 2.24) is 4.98 Å². The Morgan fingerprint density at radius 3 is 2.76 bits per heavy atom. The molecule has 0 unspecified atom stereocenters. The highest BCUT2D eigenvalue weighted by Gasteiger charge is 2.18. The van der Waals surface area contributed by atoms with Gasteiger partial charge in [-0.05, 0) is 45.7 Å². The Labute approximate surface area is 120 Å². The topological polar surface area (TPSA) is 47.0 Å². The number of rotatable bonds is 2. The van der Waals surface area contributed by atoms with Crippen molar-refractivity contribution < 1.29 is 9.59 Å². The second-order valence-corrected chi connectivity index (χ2v) is 5.22. The number of fused-ring (bicyclic) bond motifs is 2. The normalized spacial score (nSPS) is 13.2. The first-order chi connectivity index (χ1) is 10.3. The van der Waals surface area contributed by atoms with Gasteiger partial charge in [-0.3, -0.25) is 14.6 Å². The van der Waals surface area contributed by atoms with E-state index in [0.717, 1.165) is 50.9 Å². The molecule has 1 aromatic heterocycles. The fourth-order valence-corrected chi connectivity index (χ4v) is 3.14. The molecule has 0 radical (unpaired) electrons. The minimum Gasteiger partial charge on any atom is -0.298 e. The predicted molar refractivity (Wildman–Crippen MR) is 82.4 cm³/mol. The van der Waals surface area contributed by atoms with Crippen LogP contribution in [0.5, 0.6) is 0 Å². The SMILES string of the molecule is O=CC1=Cc2ccc(C=O)c3cc4ncccc4c(c23)C1. The number of carbonyl (C=O) groups is 2. The number of allylic oxidation sites excluding steroid dienone is 1. The second kappa shape index (κ2) is 4.35. The third-order valence-corrected chi connectivity index (χ3v) is 4.06. The molecule has 3 aromatic rings. The van der Waals surface area contributed by atoms with Crippen molar-refractivity contribution in [3.8, 4) is 0 Å². The predicted octanol–water partition coefficient (Wildman–Crippen LogP) is 3.34. The van der Waals surface area contributed by atoms with Gasteiger partial charge in [-0.2, -0.15) is 0 Å². The lowest BCUT2D eigenvalue weighted by atomic mass is 9.85. The minimum absolute atomic E-state index is 0.582. The van der Waals surface area contributed by atoms with Gasteiger partial charge < -0.3 is 0 Å². The number of hydrogen-bond acceptors (Lipinski definition) is 3. The fraction of sp³-hybridized carbons (Fsp3) is 0.0556. The molecule has 3 nitrogen and oxygen atoms in total. The first kappa shape index (κ1) is 12.0. The fourth-order valence-electron chi connectivity index (χ4n) is 3.14. The maximum Gasteiger partial charge on any atom is 0.150 e. The Kier molecular flexibility index (Phi) is 2.48. The van der Waals surface area contributed by atoms with E-state index in [1.54, 1.807) is 12.3 Å². The number of carbonyl (C=O) groups excluding carboxylic acids is 2. The van der Waals surface area contributed by atoms with Gasteiger partial charge in [0.25, 0.3) is 0 Å². The molecule has 0 atom stereocenters. The van der Waals surface area contributed by atoms with E-state index in [-0.39, 0.29) is 0 Å². The van der Waals surface area contributed by atoms with E-state index in [2.05, 4.69) is 4.98 Å². The van der Waals surface area contributed by atoms with Gasteiger partial charge in [0.05, 0.1) is 5.52 Å². The van der Waals surface area contributed by atoms with Crippen LogP contribution in [0.1, 0.15) is 21.5 Å². The summed E-state index contributed by atoms with van der Waals surface area (Å²) in [7, 11) is 0. The Balaban J connectivity index is 2.26. The van der Waals surface area contributed by atoms with E-state index in [1.807, 2.05) is 30.3 Å². The highest BCUT2D eigenvalue weighted by atomic mass is 16.1. The molecule has 0 spiro atoms.